The number of rotatable bonds is 4. The first kappa shape index (κ1) is 16.8. The number of pyridine rings is 2. The number of aromatic nitrogens is 6. The van der Waals surface area contributed by atoms with E-state index in [4.69, 9.17) is 4.98 Å². The standard InChI is InChI=1S/C20H16N6OS/c1-25-17-15(11-23-26(20(17)27)12-14-7-3-5-9-22-14)18-19(25)24-16(28-18)10-13-6-2-4-8-21-13/h2-9,11H,10,12H2,1H3. The second-order valence-corrected chi connectivity index (χ2v) is 7.59. The van der Waals surface area contributed by atoms with Crippen LogP contribution in [-0.2, 0) is 20.0 Å². The Morgan fingerprint density at radius 1 is 1.04 bits per heavy atom. The summed E-state index contributed by atoms with van der Waals surface area (Å²) in [5.74, 6) is 0. The van der Waals surface area contributed by atoms with Gasteiger partial charge in [0.1, 0.15) is 10.5 Å². The van der Waals surface area contributed by atoms with Crippen LogP contribution >= 0.6 is 11.3 Å². The average Bonchev–Trinajstić information content (AvgIpc) is 3.24. The molecule has 28 heavy (non-hydrogen) atoms. The summed E-state index contributed by atoms with van der Waals surface area (Å²) < 4.78 is 4.29. The van der Waals surface area contributed by atoms with E-state index in [0.717, 1.165) is 32.1 Å². The number of nitrogens with zero attached hydrogens (tertiary/aromatic N) is 6. The zero-order valence-corrected chi connectivity index (χ0v) is 15.9. The first-order chi connectivity index (χ1) is 13.7. The fourth-order valence-electron chi connectivity index (χ4n) is 3.32. The summed E-state index contributed by atoms with van der Waals surface area (Å²) in [7, 11) is 1.88. The molecule has 5 heterocycles. The van der Waals surface area contributed by atoms with Crippen molar-refractivity contribution in [2.75, 3.05) is 0 Å². The molecule has 0 N–H and O–H groups in total. The monoisotopic (exact) mass is 388 g/mol. The molecule has 0 aliphatic carbocycles. The van der Waals surface area contributed by atoms with Gasteiger partial charge in [-0.2, -0.15) is 5.10 Å². The number of fused-ring (bicyclic) bond motifs is 3. The number of hydrogen-bond acceptors (Lipinski definition) is 6. The van der Waals surface area contributed by atoms with E-state index in [9.17, 15) is 4.79 Å². The molecule has 0 saturated heterocycles. The molecule has 0 atom stereocenters. The van der Waals surface area contributed by atoms with Crippen molar-refractivity contribution in [1.29, 1.82) is 0 Å². The van der Waals surface area contributed by atoms with Gasteiger partial charge in [0.05, 0.1) is 23.1 Å². The molecule has 0 saturated carbocycles. The van der Waals surface area contributed by atoms with E-state index in [-0.39, 0.29) is 5.56 Å². The van der Waals surface area contributed by atoms with Gasteiger partial charge in [0.2, 0.25) is 0 Å². The topological polar surface area (TPSA) is 78.5 Å². The summed E-state index contributed by atoms with van der Waals surface area (Å²) >= 11 is 1.59. The van der Waals surface area contributed by atoms with Crippen molar-refractivity contribution < 1.29 is 0 Å². The molecule has 0 radical (unpaired) electrons. The normalized spacial score (nSPS) is 11.5. The van der Waals surface area contributed by atoms with Gasteiger partial charge >= 0.3 is 0 Å². The minimum atomic E-state index is -0.137. The molecule has 0 bridgehead atoms. The summed E-state index contributed by atoms with van der Waals surface area (Å²) in [5, 5.41) is 6.18. The molecule has 138 valence electrons. The van der Waals surface area contributed by atoms with Crippen molar-refractivity contribution in [2.45, 2.75) is 13.0 Å². The lowest BCUT2D eigenvalue weighted by molar-refractivity contribution is 0.633. The van der Waals surface area contributed by atoms with Crippen LogP contribution in [0.5, 0.6) is 0 Å². The third-order valence-corrected chi connectivity index (χ3v) is 5.74. The zero-order valence-electron chi connectivity index (χ0n) is 15.1. The van der Waals surface area contributed by atoms with E-state index in [0.29, 0.717) is 18.5 Å². The van der Waals surface area contributed by atoms with Gasteiger partial charge in [-0.1, -0.05) is 12.1 Å². The molecule has 0 aromatic carbocycles. The Bertz CT molecular complexity index is 1340. The Labute approximate surface area is 164 Å². The van der Waals surface area contributed by atoms with Crippen molar-refractivity contribution in [2.24, 2.45) is 7.05 Å². The van der Waals surface area contributed by atoms with E-state index in [1.54, 1.807) is 29.9 Å². The number of thiazole rings is 1. The summed E-state index contributed by atoms with van der Waals surface area (Å²) in [4.78, 5) is 26.4. The third kappa shape index (κ3) is 2.78. The predicted octanol–water partition coefficient (Wildman–Crippen LogP) is 2.77. The van der Waals surface area contributed by atoms with Gasteiger partial charge in [0.25, 0.3) is 5.56 Å². The van der Waals surface area contributed by atoms with Gasteiger partial charge in [0, 0.05) is 36.9 Å². The van der Waals surface area contributed by atoms with Crippen LogP contribution in [-0.4, -0.2) is 29.3 Å². The highest BCUT2D eigenvalue weighted by Crippen LogP contribution is 2.31. The lowest BCUT2D eigenvalue weighted by Gasteiger charge is -2.05. The molecule has 0 aliphatic heterocycles. The van der Waals surface area contributed by atoms with Crippen LogP contribution < -0.4 is 5.56 Å². The maximum atomic E-state index is 13.0. The lowest BCUT2D eigenvalue weighted by atomic mass is 10.3. The predicted molar refractivity (Wildman–Crippen MR) is 109 cm³/mol. The fourth-order valence-corrected chi connectivity index (χ4v) is 4.44. The summed E-state index contributed by atoms with van der Waals surface area (Å²) in [6, 6.07) is 11.5. The maximum absolute atomic E-state index is 13.0. The summed E-state index contributed by atoms with van der Waals surface area (Å²) in [6.07, 6.45) is 5.92. The van der Waals surface area contributed by atoms with Crippen molar-refractivity contribution in [1.82, 2.24) is 29.3 Å². The van der Waals surface area contributed by atoms with E-state index in [1.165, 1.54) is 4.68 Å². The smallest absolute Gasteiger partial charge is 0.291 e. The molecule has 5 rings (SSSR count). The number of hydrogen-bond donors (Lipinski definition) is 0. The molecule has 0 fully saturated rings. The van der Waals surface area contributed by atoms with E-state index in [2.05, 4.69) is 15.1 Å². The Balaban J connectivity index is 1.58. The molecule has 0 spiro atoms. The average molecular weight is 388 g/mol. The summed E-state index contributed by atoms with van der Waals surface area (Å²) in [5.41, 5.74) is 3.05. The van der Waals surface area contributed by atoms with Crippen LogP contribution in [0.2, 0.25) is 0 Å². The van der Waals surface area contributed by atoms with Crippen molar-refractivity contribution in [3.05, 3.63) is 81.7 Å². The van der Waals surface area contributed by atoms with E-state index in [1.807, 2.05) is 48.0 Å². The Hall–Kier alpha value is -3.39. The van der Waals surface area contributed by atoms with E-state index >= 15 is 0 Å². The first-order valence-corrected chi connectivity index (χ1v) is 9.66. The Morgan fingerprint density at radius 3 is 2.50 bits per heavy atom. The third-order valence-electron chi connectivity index (χ3n) is 4.67. The first-order valence-electron chi connectivity index (χ1n) is 8.84. The van der Waals surface area contributed by atoms with Gasteiger partial charge < -0.3 is 4.57 Å². The van der Waals surface area contributed by atoms with Gasteiger partial charge in [-0.15, -0.1) is 11.3 Å². The lowest BCUT2D eigenvalue weighted by Crippen LogP contribution is -2.24. The second-order valence-electron chi connectivity index (χ2n) is 6.51. The highest BCUT2D eigenvalue weighted by Gasteiger charge is 2.18. The van der Waals surface area contributed by atoms with Crippen molar-refractivity contribution >= 4 is 32.6 Å². The largest absolute Gasteiger partial charge is 0.323 e. The Morgan fingerprint density at radius 2 is 1.79 bits per heavy atom. The summed E-state index contributed by atoms with van der Waals surface area (Å²) in [6.45, 7) is 0.340. The van der Waals surface area contributed by atoms with Crippen molar-refractivity contribution in [3.63, 3.8) is 0 Å². The molecule has 0 amide bonds. The van der Waals surface area contributed by atoms with Crippen LogP contribution in [0, 0.1) is 0 Å². The van der Waals surface area contributed by atoms with Crippen molar-refractivity contribution in [3.8, 4) is 0 Å². The molecule has 5 aromatic rings. The molecular weight excluding hydrogens is 372 g/mol. The molecule has 5 aromatic heterocycles. The maximum Gasteiger partial charge on any atom is 0.291 e. The van der Waals surface area contributed by atoms with Crippen LogP contribution in [0.15, 0.2) is 59.8 Å². The van der Waals surface area contributed by atoms with E-state index < -0.39 is 0 Å². The quantitative estimate of drug-likeness (QED) is 0.473. The zero-order chi connectivity index (χ0) is 19.1. The van der Waals surface area contributed by atoms with Crippen LogP contribution in [0.25, 0.3) is 21.3 Å². The molecular formula is C20H16N6OS. The van der Waals surface area contributed by atoms with Gasteiger partial charge in [-0.05, 0) is 24.3 Å². The fraction of sp³-hybridized carbons (Fsp3) is 0.150. The highest BCUT2D eigenvalue weighted by atomic mass is 32.1. The minimum absolute atomic E-state index is 0.137. The molecule has 7 nitrogen and oxygen atoms in total. The van der Waals surface area contributed by atoms with Crippen LogP contribution in [0.1, 0.15) is 16.4 Å². The van der Waals surface area contributed by atoms with Gasteiger partial charge in [-0.25, -0.2) is 9.67 Å². The van der Waals surface area contributed by atoms with Crippen LogP contribution in [0.3, 0.4) is 0 Å². The molecule has 8 heteroatoms. The van der Waals surface area contributed by atoms with Gasteiger partial charge in [-0.3, -0.25) is 14.8 Å². The van der Waals surface area contributed by atoms with Crippen LogP contribution in [0.4, 0.5) is 0 Å². The SMILES string of the molecule is Cn1c2nc(Cc3ccccn3)sc2c2cnn(Cc3ccccn3)c(=O)c21. The highest BCUT2D eigenvalue weighted by molar-refractivity contribution is 7.19. The number of aryl methyl sites for hydroxylation is 1. The second kappa shape index (κ2) is 6.65. The molecule has 0 aliphatic rings. The van der Waals surface area contributed by atoms with Gasteiger partial charge in [0.15, 0.2) is 5.65 Å². The minimum Gasteiger partial charge on any atom is -0.323 e. The molecule has 0 unspecified atom stereocenters. The Kier molecular flexibility index (Phi) is 3.98.